The molecule has 1 aliphatic carbocycles. The fourth-order valence-electron chi connectivity index (χ4n) is 2.82. The Hall–Kier alpha value is -2.03. The van der Waals surface area contributed by atoms with E-state index in [1.54, 1.807) is 14.2 Å². The smallest absolute Gasteiger partial charge is 0.159 e. The molecular formula is C18H22O3. The number of hydrogen-bond acceptors (Lipinski definition) is 3. The molecule has 0 spiro atoms. The molecule has 1 aromatic carbocycles. The molecule has 0 aromatic heterocycles. The number of hydrogen-bond donors (Lipinski definition) is 0. The van der Waals surface area contributed by atoms with Crippen molar-refractivity contribution in [1.29, 1.82) is 0 Å². The van der Waals surface area contributed by atoms with E-state index in [0.717, 1.165) is 29.1 Å². The highest BCUT2D eigenvalue weighted by atomic mass is 16.5. The van der Waals surface area contributed by atoms with Crippen molar-refractivity contribution in [3.63, 3.8) is 0 Å². The highest BCUT2D eigenvalue weighted by Gasteiger charge is 2.32. The topological polar surface area (TPSA) is 35.5 Å². The number of ether oxygens (including phenoxy) is 2. The van der Waals surface area contributed by atoms with Crippen molar-refractivity contribution in [1.82, 2.24) is 0 Å². The lowest BCUT2D eigenvalue weighted by atomic mass is 9.81. The third kappa shape index (κ3) is 2.87. The summed E-state index contributed by atoms with van der Waals surface area (Å²) in [5.74, 6) is 1.63. The van der Waals surface area contributed by atoms with Crippen LogP contribution in [0, 0.1) is 5.92 Å². The van der Waals surface area contributed by atoms with Gasteiger partial charge in [-0.15, -0.1) is 0 Å². The second kappa shape index (κ2) is 6.17. The van der Waals surface area contributed by atoms with Gasteiger partial charge in [0.25, 0.3) is 0 Å². The van der Waals surface area contributed by atoms with Gasteiger partial charge in [-0.05, 0) is 36.1 Å². The van der Waals surface area contributed by atoms with Gasteiger partial charge in [-0.1, -0.05) is 25.7 Å². The molecule has 0 N–H and O–H groups in total. The van der Waals surface area contributed by atoms with E-state index in [9.17, 15) is 4.79 Å². The standard InChI is InChI=1S/C18H22O3/c1-11-6-8-16(19)13(3)18(12(11)2)15-10-14(20-4)7-9-17(15)21-5/h7,9-11,18H,2-3,6,8H2,1,4-5H3/t11-,18-/m1/s1. The Morgan fingerprint density at radius 3 is 2.52 bits per heavy atom. The van der Waals surface area contributed by atoms with Crippen molar-refractivity contribution in [3.05, 3.63) is 48.1 Å². The molecule has 21 heavy (non-hydrogen) atoms. The second-order valence-electron chi connectivity index (χ2n) is 5.50. The number of carbonyl (C=O) groups excluding carboxylic acids is 1. The Morgan fingerprint density at radius 1 is 1.19 bits per heavy atom. The van der Waals surface area contributed by atoms with Crippen molar-refractivity contribution in [2.24, 2.45) is 5.92 Å². The van der Waals surface area contributed by atoms with Crippen molar-refractivity contribution >= 4 is 5.78 Å². The molecule has 1 aromatic rings. The monoisotopic (exact) mass is 286 g/mol. The zero-order valence-electron chi connectivity index (χ0n) is 12.9. The highest BCUT2D eigenvalue weighted by molar-refractivity contribution is 5.97. The molecule has 3 heteroatoms. The van der Waals surface area contributed by atoms with Gasteiger partial charge in [-0.3, -0.25) is 4.79 Å². The van der Waals surface area contributed by atoms with E-state index in [2.05, 4.69) is 20.1 Å². The predicted octanol–water partition coefficient (Wildman–Crippen LogP) is 3.90. The van der Waals surface area contributed by atoms with E-state index < -0.39 is 0 Å². The van der Waals surface area contributed by atoms with E-state index in [4.69, 9.17) is 9.47 Å². The largest absolute Gasteiger partial charge is 0.497 e. The predicted molar refractivity (Wildman–Crippen MR) is 84.0 cm³/mol. The molecule has 112 valence electrons. The summed E-state index contributed by atoms with van der Waals surface area (Å²) >= 11 is 0. The fraction of sp³-hybridized carbons (Fsp3) is 0.389. The van der Waals surface area contributed by atoms with Crippen molar-refractivity contribution in [2.45, 2.75) is 25.7 Å². The number of methoxy groups -OCH3 is 2. The maximum absolute atomic E-state index is 12.2. The van der Waals surface area contributed by atoms with Crippen LogP contribution in [-0.4, -0.2) is 20.0 Å². The van der Waals surface area contributed by atoms with Gasteiger partial charge in [-0.25, -0.2) is 0 Å². The van der Waals surface area contributed by atoms with Crippen LogP contribution in [-0.2, 0) is 4.79 Å². The van der Waals surface area contributed by atoms with Crippen molar-refractivity contribution in [3.8, 4) is 11.5 Å². The second-order valence-corrected chi connectivity index (χ2v) is 5.50. The maximum Gasteiger partial charge on any atom is 0.159 e. The van der Waals surface area contributed by atoms with Crippen LogP contribution in [0.2, 0.25) is 0 Å². The first-order valence-corrected chi connectivity index (χ1v) is 7.12. The summed E-state index contributed by atoms with van der Waals surface area (Å²) in [6.07, 6.45) is 1.35. The van der Waals surface area contributed by atoms with E-state index in [0.29, 0.717) is 12.0 Å². The van der Waals surface area contributed by atoms with E-state index in [1.165, 1.54) is 0 Å². The minimum absolute atomic E-state index is 0.107. The first-order chi connectivity index (χ1) is 9.99. The highest BCUT2D eigenvalue weighted by Crippen LogP contribution is 2.44. The molecule has 0 saturated heterocycles. The molecule has 1 aliphatic rings. The SMILES string of the molecule is C=C1C(=O)CC[C@@H](C)C(=C)[C@H]1c1cc(OC)ccc1OC. The van der Waals surface area contributed by atoms with Crippen LogP contribution in [0.15, 0.2) is 42.5 Å². The number of rotatable bonds is 3. The Bertz CT molecular complexity index is 586. The minimum atomic E-state index is -0.208. The summed E-state index contributed by atoms with van der Waals surface area (Å²) in [5.41, 5.74) is 2.50. The molecule has 2 atom stereocenters. The normalized spacial score (nSPS) is 22.9. The zero-order chi connectivity index (χ0) is 15.6. The number of ketones is 1. The first-order valence-electron chi connectivity index (χ1n) is 7.12. The summed E-state index contributed by atoms with van der Waals surface area (Å²) < 4.78 is 10.8. The Labute approximate surface area is 126 Å². The van der Waals surface area contributed by atoms with Crippen LogP contribution >= 0.6 is 0 Å². The Morgan fingerprint density at radius 2 is 1.90 bits per heavy atom. The lowest BCUT2D eigenvalue weighted by Gasteiger charge is -2.24. The van der Waals surface area contributed by atoms with Crippen LogP contribution in [0.1, 0.15) is 31.2 Å². The third-order valence-corrected chi connectivity index (χ3v) is 4.26. The van der Waals surface area contributed by atoms with E-state index in [1.807, 2.05) is 18.2 Å². The summed E-state index contributed by atoms with van der Waals surface area (Å²) in [6.45, 7) is 10.3. The van der Waals surface area contributed by atoms with Gasteiger partial charge in [0.15, 0.2) is 5.78 Å². The quantitative estimate of drug-likeness (QED) is 0.480. The van der Waals surface area contributed by atoms with Crippen molar-refractivity contribution < 1.29 is 14.3 Å². The molecule has 0 radical (unpaired) electrons. The summed E-state index contributed by atoms with van der Waals surface area (Å²) in [5, 5.41) is 0. The van der Waals surface area contributed by atoms with Gasteiger partial charge in [0.2, 0.25) is 0 Å². The fourth-order valence-corrected chi connectivity index (χ4v) is 2.82. The van der Waals surface area contributed by atoms with Gasteiger partial charge >= 0.3 is 0 Å². The maximum atomic E-state index is 12.2. The zero-order valence-corrected chi connectivity index (χ0v) is 12.9. The average molecular weight is 286 g/mol. The van der Waals surface area contributed by atoms with Gasteiger partial charge in [-0.2, -0.15) is 0 Å². The van der Waals surface area contributed by atoms with Crippen LogP contribution < -0.4 is 9.47 Å². The molecule has 0 amide bonds. The van der Waals surface area contributed by atoms with Crippen LogP contribution in [0.4, 0.5) is 0 Å². The lowest BCUT2D eigenvalue weighted by molar-refractivity contribution is -0.115. The number of Topliss-reactive ketones (excluding diaryl/α,β-unsaturated/α-hetero) is 1. The molecule has 0 unspecified atom stereocenters. The van der Waals surface area contributed by atoms with E-state index >= 15 is 0 Å². The Kier molecular flexibility index (Phi) is 4.51. The van der Waals surface area contributed by atoms with Crippen molar-refractivity contribution in [2.75, 3.05) is 14.2 Å². The van der Waals surface area contributed by atoms with Crippen LogP contribution in [0.3, 0.4) is 0 Å². The minimum Gasteiger partial charge on any atom is -0.497 e. The van der Waals surface area contributed by atoms with Crippen LogP contribution in [0.5, 0.6) is 11.5 Å². The third-order valence-electron chi connectivity index (χ3n) is 4.26. The first kappa shape index (κ1) is 15.4. The van der Waals surface area contributed by atoms with Crippen LogP contribution in [0.25, 0.3) is 0 Å². The Balaban J connectivity index is 2.57. The molecule has 3 nitrogen and oxygen atoms in total. The summed E-state index contributed by atoms with van der Waals surface area (Å²) in [6, 6.07) is 5.61. The van der Waals surface area contributed by atoms with Gasteiger partial charge < -0.3 is 9.47 Å². The molecule has 1 saturated carbocycles. The molecule has 0 bridgehead atoms. The van der Waals surface area contributed by atoms with Gasteiger partial charge in [0.1, 0.15) is 11.5 Å². The lowest BCUT2D eigenvalue weighted by Crippen LogP contribution is -2.12. The van der Waals surface area contributed by atoms with E-state index in [-0.39, 0.29) is 17.6 Å². The average Bonchev–Trinajstić information content (AvgIpc) is 2.59. The van der Waals surface area contributed by atoms with Gasteiger partial charge in [0, 0.05) is 17.9 Å². The number of carbonyl (C=O) groups is 1. The summed E-state index contributed by atoms with van der Waals surface area (Å²) in [7, 11) is 3.24. The molecule has 1 fully saturated rings. The number of benzene rings is 1. The van der Waals surface area contributed by atoms with Gasteiger partial charge in [0.05, 0.1) is 14.2 Å². The molecule has 0 heterocycles. The molecular weight excluding hydrogens is 264 g/mol. The summed E-state index contributed by atoms with van der Waals surface area (Å²) in [4.78, 5) is 12.2. The number of allylic oxidation sites excluding steroid dienone is 2. The molecule has 0 aliphatic heterocycles. The molecule has 2 rings (SSSR count).